The van der Waals surface area contributed by atoms with E-state index in [0.717, 1.165) is 0 Å². The number of anilines is 1. The van der Waals surface area contributed by atoms with Crippen molar-refractivity contribution < 1.29 is 14.3 Å². The Hall–Kier alpha value is -3.36. The average Bonchev–Trinajstić information content (AvgIpc) is 3.29. The number of hydrogen-bond donors (Lipinski definition) is 2. The minimum Gasteiger partial charge on any atom is -0.454 e. The van der Waals surface area contributed by atoms with Crippen LogP contribution in [-0.4, -0.2) is 32.4 Å². The fourth-order valence-electron chi connectivity index (χ4n) is 3.20. The van der Waals surface area contributed by atoms with Crippen molar-refractivity contribution >= 4 is 22.8 Å². The number of nitrogens with zero attached hydrogens (tertiary/aromatic N) is 3. The third-order valence-electron chi connectivity index (χ3n) is 4.52. The minimum atomic E-state index is -0.554. The summed E-state index contributed by atoms with van der Waals surface area (Å²) >= 11 is 0. The van der Waals surface area contributed by atoms with Crippen LogP contribution in [-0.2, 0) is 13.0 Å². The molecule has 146 valence electrons. The summed E-state index contributed by atoms with van der Waals surface area (Å²) in [6.07, 6.45) is 2.26. The highest BCUT2D eigenvalue weighted by Gasteiger charge is 2.21. The normalized spacial score (nSPS) is 12.7. The Labute approximate surface area is 160 Å². The maximum Gasteiger partial charge on any atom is 0.263 e. The van der Waals surface area contributed by atoms with Gasteiger partial charge in [0.25, 0.3) is 5.91 Å². The number of aryl methyl sites for hydroxylation is 1. The number of hydrogen-bond acceptors (Lipinski definition) is 6. The molecule has 0 fully saturated rings. The summed E-state index contributed by atoms with van der Waals surface area (Å²) in [6, 6.07) is 3.38. The van der Waals surface area contributed by atoms with Gasteiger partial charge in [-0.15, -0.1) is 5.10 Å². The summed E-state index contributed by atoms with van der Waals surface area (Å²) in [4.78, 5) is 30.0. The number of benzene rings is 1. The first-order valence-corrected chi connectivity index (χ1v) is 9.15. The molecular formula is C19H21N5O4. The van der Waals surface area contributed by atoms with Crippen LogP contribution >= 0.6 is 0 Å². The number of ether oxygens (including phenoxy) is 2. The van der Waals surface area contributed by atoms with Gasteiger partial charge in [-0.1, -0.05) is 13.8 Å². The molecule has 2 N–H and O–H groups in total. The number of amides is 1. The Balaban J connectivity index is 1.71. The van der Waals surface area contributed by atoms with E-state index >= 15 is 0 Å². The van der Waals surface area contributed by atoms with Crippen LogP contribution in [0.3, 0.4) is 0 Å². The van der Waals surface area contributed by atoms with Crippen molar-refractivity contribution in [3.8, 4) is 11.5 Å². The van der Waals surface area contributed by atoms with Gasteiger partial charge in [-0.2, -0.15) is 4.98 Å². The van der Waals surface area contributed by atoms with Gasteiger partial charge >= 0.3 is 0 Å². The first kappa shape index (κ1) is 18.0. The Bertz CT molecular complexity index is 1120. The summed E-state index contributed by atoms with van der Waals surface area (Å²) in [5, 5.41) is 9.80. The predicted octanol–water partition coefficient (Wildman–Crippen LogP) is 2.32. The number of carbonyl (C=O) groups excluding carboxylic acids is 1. The van der Waals surface area contributed by atoms with E-state index in [1.165, 1.54) is 0 Å². The van der Waals surface area contributed by atoms with Crippen molar-refractivity contribution in [3.05, 3.63) is 39.9 Å². The van der Waals surface area contributed by atoms with E-state index in [1.54, 1.807) is 18.3 Å². The van der Waals surface area contributed by atoms with Crippen molar-refractivity contribution in [1.82, 2.24) is 19.7 Å². The van der Waals surface area contributed by atoms with Crippen molar-refractivity contribution in [2.24, 2.45) is 5.92 Å². The van der Waals surface area contributed by atoms with Gasteiger partial charge < -0.3 is 14.0 Å². The maximum atomic E-state index is 13.0. The van der Waals surface area contributed by atoms with Gasteiger partial charge in [-0.3, -0.25) is 20.0 Å². The third-order valence-corrected chi connectivity index (χ3v) is 4.52. The van der Waals surface area contributed by atoms with Crippen molar-refractivity contribution in [1.29, 1.82) is 0 Å². The smallest absolute Gasteiger partial charge is 0.263 e. The standard InChI is InChI=1S/C19H21N5O4/c1-4-24-8-12(18(26)21-19-20-16(22-23-19)5-10(2)3)17(25)11-6-14-15(7-13(11)24)28-9-27-14/h6-8,10H,4-5,9H2,1-3H3,(H2,20,21,22,23,26). The number of nitrogens with one attached hydrogen (secondary N) is 2. The second kappa shape index (κ2) is 6.99. The molecule has 4 rings (SSSR count). The lowest BCUT2D eigenvalue weighted by atomic mass is 10.1. The Morgan fingerprint density at radius 1 is 1.32 bits per heavy atom. The number of H-pyrrole nitrogens is 1. The molecular weight excluding hydrogens is 362 g/mol. The molecule has 1 amide bonds. The van der Waals surface area contributed by atoms with E-state index in [-0.39, 0.29) is 23.7 Å². The van der Waals surface area contributed by atoms with Gasteiger partial charge in [-0.25, -0.2) is 0 Å². The summed E-state index contributed by atoms with van der Waals surface area (Å²) in [6.45, 7) is 6.76. The SMILES string of the molecule is CCn1cc(C(=O)Nc2n[nH]c(CC(C)C)n2)c(=O)c2cc3c(cc21)OCO3. The first-order valence-electron chi connectivity index (χ1n) is 9.15. The van der Waals surface area contributed by atoms with E-state index < -0.39 is 5.91 Å². The molecule has 0 bridgehead atoms. The van der Waals surface area contributed by atoms with Crippen LogP contribution < -0.4 is 20.2 Å². The molecule has 0 saturated heterocycles. The van der Waals surface area contributed by atoms with E-state index in [9.17, 15) is 9.59 Å². The zero-order valence-electron chi connectivity index (χ0n) is 15.9. The monoisotopic (exact) mass is 383 g/mol. The molecule has 3 heterocycles. The summed E-state index contributed by atoms with van der Waals surface area (Å²) in [7, 11) is 0. The molecule has 9 nitrogen and oxygen atoms in total. The molecule has 2 aromatic heterocycles. The van der Waals surface area contributed by atoms with E-state index in [2.05, 4.69) is 34.3 Å². The fraction of sp³-hybridized carbons (Fsp3) is 0.368. The topological polar surface area (TPSA) is 111 Å². The quantitative estimate of drug-likeness (QED) is 0.699. The summed E-state index contributed by atoms with van der Waals surface area (Å²) in [5.41, 5.74) is 0.322. The molecule has 1 aromatic carbocycles. The number of pyridine rings is 1. The van der Waals surface area contributed by atoms with E-state index in [0.29, 0.717) is 47.1 Å². The van der Waals surface area contributed by atoms with Crippen molar-refractivity contribution in [2.75, 3.05) is 12.1 Å². The maximum absolute atomic E-state index is 13.0. The molecule has 9 heteroatoms. The van der Waals surface area contributed by atoms with Gasteiger partial charge in [0.05, 0.1) is 10.9 Å². The van der Waals surface area contributed by atoms with Crippen LogP contribution in [0.4, 0.5) is 5.95 Å². The Morgan fingerprint density at radius 2 is 2.07 bits per heavy atom. The Kier molecular flexibility index (Phi) is 4.50. The number of carbonyl (C=O) groups is 1. The van der Waals surface area contributed by atoms with Gasteiger partial charge in [0, 0.05) is 25.2 Å². The molecule has 3 aromatic rings. The third kappa shape index (κ3) is 3.19. The van der Waals surface area contributed by atoms with Crippen LogP contribution in [0.25, 0.3) is 10.9 Å². The molecule has 1 aliphatic heterocycles. The zero-order chi connectivity index (χ0) is 19.8. The first-order chi connectivity index (χ1) is 13.5. The van der Waals surface area contributed by atoms with Gasteiger partial charge in [-0.05, 0) is 18.9 Å². The largest absolute Gasteiger partial charge is 0.454 e. The van der Waals surface area contributed by atoms with Crippen LogP contribution in [0.2, 0.25) is 0 Å². The highest BCUT2D eigenvalue weighted by atomic mass is 16.7. The molecule has 1 aliphatic rings. The number of rotatable bonds is 5. The lowest BCUT2D eigenvalue weighted by molar-refractivity contribution is 0.102. The van der Waals surface area contributed by atoms with Gasteiger partial charge in [0.15, 0.2) is 11.5 Å². The van der Waals surface area contributed by atoms with Crippen molar-refractivity contribution in [2.45, 2.75) is 33.7 Å². The number of aromatic amines is 1. The predicted molar refractivity (Wildman–Crippen MR) is 103 cm³/mol. The highest BCUT2D eigenvalue weighted by Crippen LogP contribution is 2.35. The number of fused-ring (bicyclic) bond motifs is 2. The average molecular weight is 383 g/mol. The molecule has 0 unspecified atom stereocenters. The molecule has 0 aliphatic carbocycles. The highest BCUT2D eigenvalue weighted by molar-refractivity contribution is 6.05. The Morgan fingerprint density at radius 3 is 2.79 bits per heavy atom. The summed E-state index contributed by atoms with van der Waals surface area (Å²) < 4.78 is 12.6. The minimum absolute atomic E-state index is 0.0171. The van der Waals surface area contributed by atoms with Crippen molar-refractivity contribution in [3.63, 3.8) is 0 Å². The molecule has 0 atom stereocenters. The molecule has 28 heavy (non-hydrogen) atoms. The van der Waals surface area contributed by atoms with Crippen LogP contribution in [0, 0.1) is 5.92 Å². The van der Waals surface area contributed by atoms with Gasteiger partial charge in [0.1, 0.15) is 11.4 Å². The van der Waals surface area contributed by atoms with Crippen LogP contribution in [0.5, 0.6) is 11.5 Å². The van der Waals surface area contributed by atoms with Gasteiger partial charge in [0.2, 0.25) is 18.2 Å². The lowest BCUT2D eigenvalue weighted by Gasteiger charge is -2.12. The summed E-state index contributed by atoms with van der Waals surface area (Å²) in [5.74, 6) is 1.77. The lowest BCUT2D eigenvalue weighted by Crippen LogP contribution is -2.24. The van der Waals surface area contributed by atoms with E-state index in [4.69, 9.17) is 9.47 Å². The second-order valence-corrected chi connectivity index (χ2v) is 7.04. The van der Waals surface area contributed by atoms with Crippen LogP contribution in [0.15, 0.2) is 23.1 Å². The van der Waals surface area contributed by atoms with E-state index in [1.807, 2.05) is 11.5 Å². The molecule has 0 radical (unpaired) electrons. The molecule has 0 saturated carbocycles. The van der Waals surface area contributed by atoms with Crippen LogP contribution in [0.1, 0.15) is 37.0 Å². The second-order valence-electron chi connectivity index (χ2n) is 7.04. The molecule has 0 spiro atoms. The fourth-order valence-corrected chi connectivity index (χ4v) is 3.20. The zero-order valence-corrected chi connectivity index (χ0v) is 15.9. The number of aromatic nitrogens is 4.